The van der Waals surface area contributed by atoms with Gasteiger partial charge in [0.1, 0.15) is 11.9 Å². The van der Waals surface area contributed by atoms with E-state index < -0.39 is 11.9 Å². The van der Waals surface area contributed by atoms with Gasteiger partial charge in [-0.05, 0) is 43.0 Å². The van der Waals surface area contributed by atoms with Crippen LogP contribution >= 0.6 is 11.6 Å². The molecule has 0 bridgehead atoms. The predicted molar refractivity (Wildman–Crippen MR) is 146 cm³/mol. The molecule has 194 valence electrons. The third-order valence-electron chi connectivity index (χ3n) is 7.09. The molecule has 1 aliphatic carbocycles. The molecule has 37 heavy (non-hydrogen) atoms. The molecule has 1 aliphatic rings. The molecular weight excluding hydrogens is 487 g/mol. The minimum atomic E-state index is -0.747. The second-order valence-corrected chi connectivity index (χ2v) is 10.3. The molecule has 0 aromatic heterocycles. The molecule has 1 N–H and O–H groups in total. The van der Waals surface area contributed by atoms with Crippen LogP contribution in [0.3, 0.4) is 0 Å². The molecule has 1 saturated carbocycles. The first kappa shape index (κ1) is 26.9. The van der Waals surface area contributed by atoms with Crippen LogP contribution in [-0.2, 0) is 29.0 Å². The summed E-state index contributed by atoms with van der Waals surface area (Å²) >= 11 is 6.27. The summed E-state index contributed by atoms with van der Waals surface area (Å²) in [6, 6.07) is 21.4. The number of amides is 2. The van der Waals surface area contributed by atoms with Gasteiger partial charge in [-0.15, -0.1) is 0 Å². The minimum absolute atomic E-state index is 0.108. The minimum Gasteiger partial charge on any atom is -0.352 e. The second kappa shape index (κ2) is 12.9. The average Bonchev–Trinajstić information content (AvgIpc) is 2.90. The van der Waals surface area contributed by atoms with Crippen LogP contribution < -0.4 is 5.32 Å². The summed E-state index contributed by atoms with van der Waals surface area (Å²) in [5.41, 5.74) is 3.11. The Hall–Kier alpha value is -3.18. The number of nitrogens with zero attached hydrogens (tertiary/aromatic N) is 1. The molecular formula is C31H34ClFN2O2. The third-order valence-corrected chi connectivity index (χ3v) is 7.44. The summed E-state index contributed by atoms with van der Waals surface area (Å²) < 4.78 is 14.6. The highest BCUT2D eigenvalue weighted by Gasteiger charge is 2.32. The number of carbonyl (C=O) groups is 2. The van der Waals surface area contributed by atoms with Gasteiger partial charge in [0, 0.05) is 29.6 Å². The Kier molecular flexibility index (Phi) is 9.34. The van der Waals surface area contributed by atoms with Crippen molar-refractivity contribution in [3.05, 3.63) is 106 Å². The topological polar surface area (TPSA) is 49.4 Å². The van der Waals surface area contributed by atoms with Crippen LogP contribution in [0.4, 0.5) is 4.39 Å². The van der Waals surface area contributed by atoms with Crippen LogP contribution in [0.15, 0.2) is 72.8 Å². The number of hydrogen-bond donors (Lipinski definition) is 1. The monoisotopic (exact) mass is 520 g/mol. The van der Waals surface area contributed by atoms with Crippen molar-refractivity contribution >= 4 is 23.4 Å². The van der Waals surface area contributed by atoms with Crippen molar-refractivity contribution in [1.82, 2.24) is 10.2 Å². The molecule has 0 radical (unpaired) electrons. The van der Waals surface area contributed by atoms with Gasteiger partial charge in [-0.3, -0.25) is 9.59 Å². The molecule has 3 aromatic rings. The van der Waals surface area contributed by atoms with E-state index in [-0.39, 0.29) is 41.4 Å². The first-order chi connectivity index (χ1) is 17.9. The molecule has 0 spiro atoms. The Balaban J connectivity index is 1.68. The van der Waals surface area contributed by atoms with Gasteiger partial charge in [0.25, 0.3) is 0 Å². The van der Waals surface area contributed by atoms with E-state index in [1.165, 1.54) is 18.6 Å². The molecule has 3 aromatic carbocycles. The number of hydrogen-bond acceptors (Lipinski definition) is 2. The van der Waals surface area contributed by atoms with E-state index in [4.69, 9.17) is 11.6 Å². The number of halogens is 2. The highest BCUT2D eigenvalue weighted by molar-refractivity contribution is 6.31. The fourth-order valence-electron chi connectivity index (χ4n) is 4.94. The van der Waals surface area contributed by atoms with Crippen LogP contribution in [0.2, 0.25) is 5.02 Å². The molecule has 1 fully saturated rings. The van der Waals surface area contributed by atoms with Crippen LogP contribution in [0.1, 0.15) is 54.4 Å². The van der Waals surface area contributed by atoms with Crippen molar-refractivity contribution in [2.24, 2.45) is 0 Å². The quantitative estimate of drug-likeness (QED) is 0.354. The van der Waals surface area contributed by atoms with E-state index in [2.05, 4.69) is 5.32 Å². The van der Waals surface area contributed by atoms with E-state index in [1.807, 2.05) is 61.5 Å². The van der Waals surface area contributed by atoms with Gasteiger partial charge >= 0.3 is 0 Å². The zero-order valence-electron chi connectivity index (χ0n) is 21.3. The lowest BCUT2D eigenvalue weighted by Gasteiger charge is -2.33. The van der Waals surface area contributed by atoms with Crippen molar-refractivity contribution in [2.45, 2.75) is 70.5 Å². The first-order valence-corrected chi connectivity index (χ1v) is 13.4. The molecule has 1 unspecified atom stereocenters. The third kappa shape index (κ3) is 7.42. The van der Waals surface area contributed by atoms with Gasteiger partial charge in [-0.25, -0.2) is 4.39 Å². The van der Waals surface area contributed by atoms with Gasteiger partial charge in [-0.1, -0.05) is 97.1 Å². The van der Waals surface area contributed by atoms with Crippen LogP contribution in [0.5, 0.6) is 0 Å². The molecule has 0 saturated heterocycles. The van der Waals surface area contributed by atoms with Gasteiger partial charge in [0.2, 0.25) is 11.8 Å². The average molecular weight is 521 g/mol. The van der Waals surface area contributed by atoms with Crippen molar-refractivity contribution < 1.29 is 14.0 Å². The fourth-order valence-corrected chi connectivity index (χ4v) is 5.17. The van der Waals surface area contributed by atoms with Gasteiger partial charge < -0.3 is 10.2 Å². The molecule has 0 heterocycles. The molecule has 0 aliphatic heterocycles. The van der Waals surface area contributed by atoms with Gasteiger partial charge in [0.05, 0.1) is 6.42 Å². The van der Waals surface area contributed by atoms with Crippen LogP contribution in [-0.4, -0.2) is 28.8 Å². The number of nitrogens with one attached hydrogen (secondary N) is 1. The zero-order chi connectivity index (χ0) is 26.2. The van der Waals surface area contributed by atoms with Crippen LogP contribution in [0, 0.1) is 12.7 Å². The standard InChI is InChI=1S/C31H34ClFN2O2/c1-22-15-17-24(18-16-22)21-35(30(36)20-26-27(32)13-8-14-28(26)33)29(19-23-9-4-2-5-10-23)31(37)34-25-11-6-3-7-12-25/h2,4-5,8-10,13-18,25,29H,3,6-7,11-12,19-21H2,1H3,(H,34,37). The lowest BCUT2D eigenvalue weighted by molar-refractivity contribution is -0.141. The molecule has 4 nitrogen and oxygen atoms in total. The normalized spacial score (nSPS) is 14.7. The largest absolute Gasteiger partial charge is 0.352 e. The van der Waals surface area contributed by atoms with Crippen molar-refractivity contribution in [3.8, 4) is 0 Å². The SMILES string of the molecule is Cc1ccc(CN(C(=O)Cc2c(F)cccc2Cl)C(Cc2ccccc2)C(=O)NC2CCCCC2)cc1. The van der Waals surface area contributed by atoms with Crippen molar-refractivity contribution in [3.63, 3.8) is 0 Å². The lowest BCUT2D eigenvalue weighted by atomic mass is 9.94. The Morgan fingerprint density at radius 2 is 1.65 bits per heavy atom. The molecule has 1 atom stereocenters. The summed E-state index contributed by atoms with van der Waals surface area (Å²) in [6.07, 6.45) is 5.39. The van der Waals surface area contributed by atoms with Crippen molar-refractivity contribution in [2.75, 3.05) is 0 Å². The highest BCUT2D eigenvalue weighted by atomic mass is 35.5. The Bertz CT molecular complexity index is 1170. The first-order valence-electron chi connectivity index (χ1n) is 13.0. The molecule has 2 amide bonds. The van der Waals surface area contributed by atoms with Crippen molar-refractivity contribution in [1.29, 1.82) is 0 Å². The van der Waals surface area contributed by atoms with E-state index in [1.54, 1.807) is 11.0 Å². The Morgan fingerprint density at radius 1 is 0.946 bits per heavy atom. The highest BCUT2D eigenvalue weighted by Crippen LogP contribution is 2.23. The smallest absolute Gasteiger partial charge is 0.243 e. The van der Waals surface area contributed by atoms with Gasteiger partial charge in [0.15, 0.2) is 0 Å². The maximum atomic E-state index is 14.6. The summed E-state index contributed by atoms with van der Waals surface area (Å²) in [4.78, 5) is 29.2. The van der Waals surface area contributed by atoms with Gasteiger partial charge in [-0.2, -0.15) is 0 Å². The summed E-state index contributed by atoms with van der Waals surface area (Å²) in [5.74, 6) is -1.04. The van der Waals surface area contributed by atoms with E-state index in [9.17, 15) is 14.0 Å². The number of benzene rings is 3. The summed E-state index contributed by atoms with van der Waals surface area (Å²) in [5, 5.41) is 3.43. The Labute approximate surface area is 223 Å². The lowest BCUT2D eigenvalue weighted by Crippen LogP contribution is -2.53. The summed E-state index contributed by atoms with van der Waals surface area (Å²) in [7, 11) is 0. The molecule has 4 rings (SSSR count). The summed E-state index contributed by atoms with van der Waals surface area (Å²) in [6.45, 7) is 2.24. The van der Waals surface area contributed by atoms with E-state index in [0.717, 1.165) is 42.4 Å². The van der Waals surface area contributed by atoms with E-state index >= 15 is 0 Å². The fraction of sp³-hybridized carbons (Fsp3) is 0.355. The number of aryl methyl sites for hydroxylation is 1. The maximum absolute atomic E-state index is 14.6. The second-order valence-electron chi connectivity index (χ2n) is 9.93. The zero-order valence-corrected chi connectivity index (χ0v) is 22.0. The number of carbonyl (C=O) groups excluding carboxylic acids is 2. The van der Waals surface area contributed by atoms with Crippen LogP contribution in [0.25, 0.3) is 0 Å². The molecule has 6 heteroatoms. The van der Waals surface area contributed by atoms with E-state index in [0.29, 0.717) is 6.42 Å². The maximum Gasteiger partial charge on any atom is 0.243 e. The Morgan fingerprint density at radius 3 is 2.32 bits per heavy atom. The number of rotatable bonds is 9. The predicted octanol–water partition coefficient (Wildman–Crippen LogP) is 6.42.